The van der Waals surface area contributed by atoms with Gasteiger partial charge < -0.3 is 8.98 Å². The molecular weight excluding hydrogens is 725 g/mol. The summed E-state index contributed by atoms with van der Waals surface area (Å²) in [5.74, 6) is 1.66. The first kappa shape index (κ1) is 32.9. The van der Waals surface area contributed by atoms with Gasteiger partial charge in [0.05, 0.1) is 44.5 Å². The third-order valence-electron chi connectivity index (χ3n) is 11.4. The van der Waals surface area contributed by atoms with E-state index in [1.807, 2.05) is 72.8 Å². The number of hydrogen-bond donors (Lipinski definition) is 0. The molecular formula is C52H30N6O. The summed E-state index contributed by atoms with van der Waals surface area (Å²) in [6, 6.07) is 64.3. The van der Waals surface area contributed by atoms with Gasteiger partial charge in [-0.3, -0.25) is 4.57 Å². The van der Waals surface area contributed by atoms with E-state index < -0.39 is 0 Å². The standard InChI is InChI=1S/C52H30N6O/c53-31-32-19-21-33(22-20-32)34-23-25-36(26-24-34)51-54-50(35-11-3-1-4-12-35)55-52(56-51)58-43-18-10-8-16-41(43)47-45(58)30-28-39-38-27-29-44-46(48(38)59-49(39)47)40-15-7-9-17-42(40)57(44)37-13-5-2-6-14-37/h1-30H. The maximum absolute atomic E-state index is 9.28. The molecule has 7 nitrogen and oxygen atoms in total. The molecule has 0 spiro atoms. The maximum Gasteiger partial charge on any atom is 0.238 e. The minimum atomic E-state index is 0.514. The zero-order valence-electron chi connectivity index (χ0n) is 31.4. The number of benzene rings is 8. The van der Waals surface area contributed by atoms with Gasteiger partial charge in [-0.05, 0) is 71.8 Å². The molecule has 274 valence electrons. The second-order valence-corrected chi connectivity index (χ2v) is 14.7. The largest absolute Gasteiger partial charge is 0.455 e. The van der Waals surface area contributed by atoms with Gasteiger partial charge in [0, 0.05) is 38.4 Å². The number of aromatic nitrogens is 5. The summed E-state index contributed by atoms with van der Waals surface area (Å²) in [6.45, 7) is 0. The molecule has 59 heavy (non-hydrogen) atoms. The monoisotopic (exact) mass is 754 g/mol. The van der Waals surface area contributed by atoms with Crippen molar-refractivity contribution in [1.82, 2.24) is 24.1 Å². The lowest BCUT2D eigenvalue weighted by molar-refractivity contribution is 0.677. The molecule has 0 radical (unpaired) electrons. The zero-order valence-corrected chi connectivity index (χ0v) is 31.4. The maximum atomic E-state index is 9.28. The van der Waals surface area contributed by atoms with Gasteiger partial charge in [0.2, 0.25) is 5.95 Å². The molecule has 0 saturated heterocycles. The smallest absolute Gasteiger partial charge is 0.238 e. The first-order valence-corrected chi connectivity index (χ1v) is 19.5. The van der Waals surface area contributed by atoms with Gasteiger partial charge >= 0.3 is 0 Å². The number of rotatable bonds is 5. The highest BCUT2D eigenvalue weighted by Gasteiger charge is 2.24. The summed E-state index contributed by atoms with van der Waals surface area (Å²) in [5, 5.41) is 15.7. The summed E-state index contributed by atoms with van der Waals surface area (Å²) in [5.41, 5.74) is 11.4. The predicted octanol–water partition coefficient (Wildman–Crippen LogP) is 12.8. The van der Waals surface area contributed by atoms with Gasteiger partial charge in [-0.25, -0.2) is 4.98 Å². The Morgan fingerprint density at radius 2 is 0.864 bits per heavy atom. The van der Waals surface area contributed by atoms with E-state index in [9.17, 15) is 5.26 Å². The van der Waals surface area contributed by atoms with Gasteiger partial charge in [-0.1, -0.05) is 121 Å². The molecule has 0 unspecified atom stereocenters. The Morgan fingerprint density at radius 1 is 0.390 bits per heavy atom. The Labute approximate surface area is 337 Å². The van der Waals surface area contributed by atoms with Crippen LogP contribution in [0.4, 0.5) is 0 Å². The summed E-state index contributed by atoms with van der Waals surface area (Å²) >= 11 is 0. The van der Waals surface area contributed by atoms with Crippen LogP contribution in [0.25, 0.3) is 111 Å². The van der Waals surface area contributed by atoms with E-state index in [2.05, 4.69) is 124 Å². The van der Waals surface area contributed by atoms with E-state index in [1.54, 1.807) is 0 Å². The highest BCUT2D eigenvalue weighted by Crippen LogP contribution is 2.44. The van der Waals surface area contributed by atoms with Gasteiger partial charge in [-0.15, -0.1) is 0 Å². The minimum absolute atomic E-state index is 0.514. The van der Waals surface area contributed by atoms with Crippen LogP contribution >= 0.6 is 0 Å². The molecule has 4 heterocycles. The first-order valence-electron chi connectivity index (χ1n) is 19.5. The van der Waals surface area contributed by atoms with Crippen molar-refractivity contribution in [3.8, 4) is 51.6 Å². The van der Waals surface area contributed by atoms with Crippen LogP contribution in [0.15, 0.2) is 186 Å². The Hall–Kier alpha value is -8.34. The fourth-order valence-corrected chi connectivity index (χ4v) is 8.73. The molecule has 0 amide bonds. The molecule has 0 saturated carbocycles. The van der Waals surface area contributed by atoms with Crippen LogP contribution in [0.2, 0.25) is 0 Å². The normalized spacial score (nSPS) is 11.7. The van der Waals surface area contributed by atoms with Crippen LogP contribution in [0.1, 0.15) is 5.56 Å². The van der Waals surface area contributed by atoms with Gasteiger partial charge in [0.1, 0.15) is 11.2 Å². The van der Waals surface area contributed by atoms with E-state index >= 15 is 0 Å². The Balaban J connectivity index is 1.09. The topological polar surface area (TPSA) is 85.5 Å². The number of nitriles is 1. The summed E-state index contributed by atoms with van der Waals surface area (Å²) in [4.78, 5) is 15.4. The van der Waals surface area contributed by atoms with Gasteiger partial charge in [0.25, 0.3) is 0 Å². The highest BCUT2D eigenvalue weighted by atomic mass is 16.3. The lowest BCUT2D eigenvalue weighted by Crippen LogP contribution is -2.06. The average molecular weight is 755 g/mol. The quantitative estimate of drug-likeness (QED) is 0.175. The summed E-state index contributed by atoms with van der Waals surface area (Å²) < 4.78 is 11.6. The second kappa shape index (κ2) is 12.8. The molecule has 12 aromatic rings. The molecule has 0 aliphatic carbocycles. The minimum Gasteiger partial charge on any atom is -0.455 e. The van der Waals surface area contributed by atoms with Crippen LogP contribution in [-0.2, 0) is 0 Å². The van der Waals surface area contributed by atoms with Crippen molar-refractivity contribution in [3.63, 3.8) is 0 Å². The average Bonchev–Trinajstić information content (AvgIpc) is 3.97. The lowest BCUT2D eigenvalue weighted by Gasteiger charge is -2.11. The second-order valence-electron chi connectivity index (χ2n) is 14.7. The summed E-state index contributed by atoms with van der Waals surface area (Å²) in [6.07, 6.45) is 0. The van der Waals surface area contributed by atoms with Crippen molar-refractivity contribution < 1.29 is 4.42 Å². The van der Waals surface area contributed by atoms with E-state index in [0.717, 1.165) is 93.5 Å². The Bertz CT molecular complexity index is 3650. The number of hydrogen-bond acceptors (Lipinski definition) is 5. The number of para-hydroxylation sites is 3. The Kier molecular flexibility index (Phi) is 7.16. The Morgan fingerprint density at radius 3 is 1.46 bits per heavy atom. The van der Waals surface area contributed by atoms with Crippen LogP contribution < -0.4 is 0 Å². The number of furan rings is 1. The van der Waals surface area contributed by atoms with Crippen LogP contribution in [0.3, 0.4) is 0 Å². The van der Waals surface area contributed by atoms with Crippen molar-refractivity contribution in [3.05, 3.63) is 188 Å². The van der Waals surface area contributed by atoms with E-state index in [1.165, 1.54) is 0 Å². The zero-order chi connectivity index (χ0) is 39.0. The molecule has 0 fully saturated rings. The fourth-order valence-electron chi connectivity index (χ4n) is 8.73. The van der Waals surface area contributed by atoms with Gasteiger partial charge in [0.15, 0.2) is 11.6 Å². The van der Waals surface area contributed by atoms with Crippen molar-refractivity contribution in [2.24, 2.45) is 0 Å². The predicted molar refractivity (Wildman–Crippen MR) is 237 cm³/mol. The molecule has 0 N–H and O–H groups in total. The third kappa shape index (κ3) is 5.04. The van der Waals surface area contributed by atoms with Crippen molar-refractivity contribution >= 4 is 65.6 Å². The van der Waals surface area contributed by atoms with E-state index in [-0.39, 0.29) is 0 Å². The first-order chi connectivity index (χ1) is 29.2. The number of nitrogens with zero attached hydrogens (tertiary/aromatic N) is 6. The third-order valence-corrected chi connectivity index (χ3v) is 11.4. The molecule has 0 atom stereocenters. The van der Waals surface area contributed by atoms with E-state index in [0.29, 0.717) is 23.2 Å². The highest BCUT2D eigenvalue weighted by molar-refractivity contribution is 6.28. The van der Waals surface area contributed by atoms with Crippen molar-refractivity contribution in [2.45, 2.75) is 0 Å². The van der Waals surface area contributed by atoms with Gasteiger partial charge in [-0.2, -0.15) is 15.2 Å². The molecule has 12 rings (SSSR count). The van der Waals surface area contributed by atoms with Crippen molar-refractivity contribution in [2.75, 3.05) is 0 Å². The molecule has 7 heteroatoms. The SMILES string of the molecule is N#Cc1ccc(-c2ccc(-c3nc(-c4ccccc4)nc(-n4c5ccccc5c5c6oc7c(ccc8c7c7ccccc7n8-c7ccccc7)c6ccc54)n3)cc2)cc1. The molecule has 0 aliphatic heterocycles. The fraction of sp³-hybridized carbons (Fsp3) is 0. The van der Waals surface area contributed by atoms with Crippen LogP contribution in [-0.4, -0.2) is 24.1 Å². The van der Waals surface area contributed by atoms with Crippen molar-refractivity contribution in [1.29, 1.82) is 5.26 Å². The van der Waals surface area contributed by atoms with Crippen LogP contribution in [0, 0.1) is 11.3 Å². The molecule has 4 aromatic heterocycles. The van der Waals surface area contributed by atoms with Crippen LogP contribution in [0.5, 0.6) is 0 Å². The van der Waals surface area contributed by atoms with E-state index in [4.69, 9.17) is 19.4 Å². The summed E-state index contributed by atoms with van der Waals surface area (Å²) in [7, 11) is 0. The lowest BCUT2D eigenvalue weighted by atomic mass is 10.0. The molecule has 0 bridgehead atoms. The molecule has 0 aliphatic rings. The molecule has 8 aromatic carbocycles. The number of fused-ring (bicyclic) bond motifs is 11.